The van der Waals surface area contributed by atoms with Crippen LogP contribution in [0.1, 0.15) is 52.0 Å². The first-order valence-corrected chi connectivity index (χ1v) is 16.1. The minimum absolute atomic E-state index is 0.0689. The normalized spacial score (nSPS) is 19.0. The number of aryl methyl sites for hydroxylation is 3. The standard InChI is InChI=1S/C33H30BrFN8O4/c1-17-11-22(12-18(2)27(17)35)43-28(41-10-9-39(4)32(41)46)23-16-40(8-7-24(23)37-43)29(44)26-14-20-13-21(34)5-6-25(20)42(26)33(15-19(33)3)30-36-31(45)47-38-30/h5-6,9-14,19H,7-8,15-16H2,1-4H3,(H,36,38,45)/t19-,33-/m0/s1. The highest BCUT2D eigenvalue weighted by molar-refractivity contribution is 9.10. The van der Waals surface area contributed by atoms with E-state index in [9.17, 15) is 18.8 Å². The van der Waals surface area contributed by atoms with Gasteiger partial charge in [0.1, 0.15) is 22.9 Å². The molecule has 1 fully saturated rings. The molecule has 0 unspecified atom stereocenters. The Kier molecular flexibility index (Phi) is 6.42. The van der Waals surface area contributed by atoms with Crippen molar-refractivity contribution in [3.63, 3.8) is 0 Å². The number of carbonyl (C=O) groups is 1. The third-order valence-electron chi connectivity index (χ3n) is 9.64. The Morgan fingerprint density at radius 2 is 1.87 bits per heavy atom. The summed E-state index contributed by atoms with van der Waals surface area (Å²) in [6.07, 6.45) is 4.45. The fraction of sp³-hybridized carbons (Fsp3) is 0.303. The van der Waals surface area contributed by atoms with Crippen LogP contribution < -0.4 is 11.4 Å². The summed E-state index contributed by atoms with van der Waals surface area (Å²) in [7, 11) is 1.67. The second kappa shape index (κ2) is 10.3. The lowest BCUT2D eigenvalue weighted by Gasteiger charge is -2.29. The summed E-state index contributed by atoms with van der Waals surface area (Å²) >= 11 is 3.56. The molecule has 14 heteroatoms. The van der Waals surface area contributed by atoms with Crippen molar-refractivity contribution in [2.75, 3.05) is 6.54 Å². The monoisotopic (exact) mass is 700 g/mol. The van der Waals surface area contributed by atoms with Gasteiger partial charge in [0, 0.05) is 53.3 Å². The van der Waals surface area contributed by atoms with Gasteiger partial charge in [0.15, 0.2) is 5.82 Å². The molecule has 2 aromatic carbocycles. The van der Waals surface area contributed by atoms with Crippen LogP contribution >= 0.6 is 15.9 Å². The van der Waals surface area contributed by atoms with E-state index in [1.807, 2.05) is 28.8 Å². The van der Waals surface area contributed by atoms with Crippen molar-refractivity contribution in [1.82, 2.24) is 38.5 Å². The van der Waals surface area contributed by atoms with Gasteiger partial charge in [-0.25, -0.2) is 18.7 Å². The summed E-state index contributed by atoms with van der Waals surface area (Å²) in [6, 6.07) is 11.1. The average molecular weight is 702 g/mol. The Hall–Kier alpha value is -4.98. The van der Waals surface area contributed by atoms with Crippen LogP contribution in [0.4, 0.5) is 4.39 Å². The van der Waals surface area contributed by atoms with Gasteiger partial charge in [-0.15, -0.1) is 0 Å². The van der Waals surface area contributed by atoms with Crippen LogP contribution in [0.2, 0.25) is 0 Å². The van der Waals surface area contributed by atoms with Gasteiger partial charge in [-0.3, -0.25) is 18.9 Å². The first kappa shape index (κ1) is 29.4. The number of fused-ring (bicyclic) bond motifs is 2. The van der Waals surface area contributed by atoms with Crippen LogP contribution in [-0.2, 0) is 25.6 Å². The Morgan fingerprint density at radius 1 is 1.13 bits per heavy atom. The maximum absolute atomic E-state index is 14.7. The second-order valence-corrected chi connectivity index (χ2v) is 13.5. The number of hydrogen-bond donors (Lipinski definition) is 1. The van der Waals surface area contributed by atoms with Crippen molar-refractivity contribution >= 4 is 32.7 Å². The Bertz CT molecular complexity index is 2370. The topological polar surface area (TPSA) is 129 Å². The predicted octanol–water partition coefficient (Wildman–Crippen LogP) is 4.49. The summed E-state index contributed by atoms with van der Waals surface area (Å²) < 4.78 is 27.1. The molecule has 0 spiro atoms. The minimum Gasteiger partial charge on any atom is -0.332 e. The van der Waals surface area contributed by atoms with Crippen molar-refractivity contribution in [3.05, 3.63) is 114 Å². The minimum atomic E-state index is -0.765. The number of amides is 1. The third kappa shape index (κ3) is 4.34. The lowest BCUT2D eigenvalue weighted by atomic mass is 10.1. The van der Waals surface area contributed by atoms with Gasteiger partial charge in [-0.05, 0) is 73.7 Å². The van der Waals surface area contributed by atoms with Crippen molar-refractivity contribution in [3.8, 4) is 11.5 Å². The lowest BCUT2D eigenvalue weighted by Crippen LogP contribution is -2.39. The van der Waals surface area contributed by atoms with Gasteiger partial charge in [0.2, 0.25) is 0 Å². The van der Waals surface area contributed by atoms with E-state index in [0.717, 1.165) is 26.6 Å². The fourth-order valence-corrected chi connectivity index (χ4v) is 7.52. The van der Waals surface area contributed by atoms with Gasteiger partial charge in [0.05, 0.1) is 17.9 Å². The Labute approximate surface area is 275 Å². The molecular formula is C33H30BrFN8O4. The van der Waals surface area contributed by atoms with Crippen molar-refractivity contribution in [2.24, 2.45) is 13.0 Å². The molecule has 47 heavy (non-hydrogen) atoms. The average Bonchev–Trinajstić information content (AvgIpc) is 3.49. The molecule has 0 saturated heterocycles. The molecule has 0 bridgehead atoms. The van der Waals surface area contributed by atoms with Gasteiger partial charge >= 0.3 is 11.4 Å². The summed E-state index contributed by atoms with van der Waals surface area (Å²) in [6.45, 7) is 6.03. The van der Waals surface area contributed by atoms with E-state index in [-0.39, 0.29) is 29.9 Å². The number of nitrogens with zero attached hydrogens (tertiary/aromatic N) is 7. The zero-order valence-electron chi connectivity index (χ0n) is 26.0. The maximum Gasteiger partial charge on any atom is 0.438 e. The van der Waals surface area contributed by atoms with E-state index in [2.05, 4.69) is 33.0 Å². The predicted molar refractivity (Wildman–Crippen MR) is 174 cm³/mol. The highest BCUT2D eigenvalue weighted by atomic mass is 79.9. The van der Waals surface area contributed by atoms with Crippen LogP contribution in [0.25, 0.3) is 22.4 Å². The molecule has 6 aromatic rings. The molecule has 0 radical (unpaired) electrons. The van der Waals surface area contributed by atoms with Gasteiger partial charge < -0.3 is 14.0 Å². The van der Waals surface area contributed by atoms with Crippen LogP contribution in [-0.4, -0.2) is 51.0 Å². The molecule has 2 atom stereocenters. The highest BCUT2D eigenvalue weighted by Crippen LogP contribution is 2.56. The number of imidazole rings is 1. The van der Waals surface area contributed by atoms with E-state index in [4.69, 9.17) is 9.62 Å². The van der Waals surface area contributed by atoms with Crippen molar-refractivity contribution < 1.29 is 13.7 Å². The van der Waals surface area contributed by atoms with Crippen LogP contribution in [0.3, 0.4) is 0 Å². The SMILES string of the molecule is Cc1cc(-n2nc3c(c2-n2ccn(C)c2=O)CN(C(=O)c2cc4cc(Br)ccc4n2[C@@]2(c4noc(=O)[nH]4)C[C@@H]2C)CC3)cc(C)c1F. The molecular weight excluding hydrogens is 671 g/mol. The lowest BCUT2D eigenvalue weighted by molar-refractivity contribution is 0.0721. The third-order valence-corrected chi connectivity index (χ3v) is 10.1. The molecule has 4 aromatic heterocycles. The number of nitrogens with one attached hydrogen (secondary N) is 1. The summed E-state index contributed by atoms with van der Waals surface area (Å²) in [5.41, 5.74) is 3.29. The first-order valence-electron chi connectivity index (χ1n) is 15.3. The van der Waals surface area contributed by atoms with Gasteiger partial charge in [-0.1, -0.05) is 28.0 Å². The molecule has 5 heterocycles. The van der Waals surface area contributed by atoms with E-state index in [1.165, 1.54) is 9.13 Å². The zero-order valence-corrected chi connectivity index (χ0v) is 27.6. The molecule has 1 saturated carbocycles. The number of carbonyl (C=O) groups excluding carboxylic acids is 1. The zero-order chi connectivity index (χ0) is 32.9. The van der Waals surface area contributed by atoms with Crippen molar-refractivity contribution in [1.29, 1.82) is 0 Å². The van der Waals surface area contributed by atoms with E-state index in [0.29, 0.717) is 53.5 Å². The largest absolute Gasteiger partial charge is 0.438 e. The number of benzene rings is 2. The number of halogens is 2. The first-order chi connectivity index (χ1) is 22.5. The van der Waals surface area contributed by atoms with Crippen LogP contribution in [0, 0.1) is 25.6 Å². The summed E-state index contributed by atoms with van der Waals surface area (Å²) in [5.74, 6) is -0.200. The van der Waals surface area contributed by atoms with Gasteiger partial charge in [-0.2, -0.15) is 5.10 Å². The molecule has 12 nitrogen and oxygen atoms in total. The maximum atomic E-state index is 14.7. The van der Waals surface area contributed by atoms with Gasteiger partial charge in [0.25, 0.3) is 5.91 Å². The number of rotatable bonds is 5. The smallest absolute Gasteiger partial charge is 0.332 e. The highest BCUT2D eigenvalue weighted by Gasteiger charge is 2.59. The van der Waals surface area contributed by atoms with E-state index >= 15 is 0 Å². The molecule has 1 aliphatic carbocycles. The number of hydrogen-bond acceptors (Lipinski definition) is 6. The number of aromatic amines is 1. The van der Waals surface area contributed by atoms with Crippen LogP contribution in [0.5, 0.6) is 0 Å². The molecule has 240 valence electrons. The Balaban J connectivity index is 1.27. The fourth-order valence-electron chi connectivity index (χ4n) is 7.14. The number of H-pyrrole nitrogens is 1. The molecule has 8 rings (SSSR count). The number of aromatic nitrogens is 7. The summed E-state index contributed by atoms with van der Waals surface area (Å²) in [5, 5.41) is 9.83. The van der Waals surface area contributed by atoms with Crippen LogP contribution in [0.15, 0.2) is 67.4 Å². The summed E-state index contributed by atoms with van der Waals surface area (Å²) in [4.78, 5) is 44.5. The quantitative estimate of drug-likeness (QED) is 0.282. The molecule has 2 aliphatic rings. The molecule has 1 amide bonds. The van der Waals surface area contributed by atoms with E-state index in [1.54, 1.807) is 55.0 Å². The van der Waals surface area contributed by atoms with Crippen molar-refractivity contribution in [2.45, 2.75) is 45.7 Å². The molecule has 1 N–H and O–H groups in total. The van der Waals surface area contributed by atoms with E-state index < -0.39 is 11.3 Å². The molecule has 1 aliphatic heterocycles. The second-order valence-electron chi connectivity index (χ2n) is 12.6. The Morgan fingerprint density at radius 3 is 2.51 bits per heavy atom.